The van der Waals surface area contributed by atoms with Gasteiger partial charge >= 0.3 is 5.97 Å². The first-order valence-electron chi connectivity index (χ1n) is 8.19. The largest absolute Gasteiger partial charge is 0.468 e. The molecule has 0 aromatic rings. The third kappa shape index (κ3) is 3.34. The highest BCUT2D eigenvalue weighted by Gasteiger charge is 2.44. The van der Waals surface area contributed by atoms with Gasteiger partial charge in [-0.2, -0.15) is 0 Å². The molecule has 0 aromatic heterocycles. The van der Waals surface area contributed by atoms with Crippen LogP contribution in [0.2, 0.25) is 0 Å². The van der Waals surface area contributed by atoms with Gasteiger partial charge in [0.05, 0.1) is 7.11 Å². The average molecular weight is 282 g/mol. The molecule has 2 rings (SSSR count). The zero-order valence-electron chi connectivity index (χ0n) is 13.3. The molecule has 3 atom stereocenters. The first kappa shape index (κ1) is 15.8. The van der Waals surface area contributed by atoms with Crippen LogP contribution in [0.4, 0.5) is 0 Å². The Hall–Kier alpha value is -0.610. The van der Waals surface area contributed by atoms with Crippen LogP contribution in [0.3, 0.4) is 0 Å². The van der Waals surface area contributed by atoms with Gasteiger partial charge in [0.25, 0.3) is 0 Å². The van der Waals surface area contributed by atoms with Gasteiger partial charge in [0.1, 0.15) is 5.54 Å². The van der Waals surface area contributed by atoms with Crippen LogP contribution in [0.25, 0.3) is 0 Å². The molecule has 1 saturated carbocycles. The zero-order valence-corrected chi connectivity index (χ0v) is 13.3. The molecule has 1 heterocycles. The predicted octanol–water partition coefficient (Wildman–Crippen LogP) is 2.18. The van der Waals surface area contributed by atoms with Gasteiger partial charge in [-0.1, -0.05) is 13.8 Å². The number of carbonyl (C=O) groups is 1. The molecule has 0 bridgehead atoms. The Kier molecular flexibility index (Phi) is 5.44. The van der Waals surface area contributed by atoms with Gasteiger partial charge in [-0.3, -0.25) is 4.79 Å². The average Bonchev–Trinajstić information content (AvgIpc) is 2.47. The van der Waals surface area contributed by atoms with E-state index in [4.69, 9.17) is 4.74 Å². The van der Waals surface area contributed by atoms with Crippen molar-refractivity contribution >= 4 is 5.97 Å². The summed E-state index contributed by atoms with van der Waals surface area (Å²) in [5.41, 5.74) is -0.451. The molecule has 2 aliphatic rings. The Balaban J connectivity index is 2.06. The van der Waals surface area contributed by atoms with Gasteiger partial charge in [-0.05, 0) is 57.5 Å². The van der Waals surface area contributed by atoms with Crippen LogP contribution in [0, 0.1) is 5.92 Å². The Morgan fingerprint density at radius 2 is 2.20 bits per heavy atom. The quantitative estimate of drug-likeness (QED) is 0.803. The highest BCUT2D eigenvalue weighted by atomic mass is 16.5. The highest BCUT2D eigenvalue weighted by molar-refractivity contribution is 5.81. The Bertz CT molecular complexity index is 330. The topological polar surface area (TPSA) is 41.6 Å². The molecule has 4 heteroatoms. The van der Waals surface area contributed by atoms with E-state index in [9.17, 15) is 4.79 Å². The molecule has 20 heavy (non-hydrogen) atoms. The van der Waals surface area contributed by atoms with Crippen molar-refractivity contribution in [1.82, 2.24) is 10.2 Å². The Morgan fingerprint density at radius 3 is 2.85 bits per heavy atom. The van der Waals surface area contributed by atoms with Crippen molar-refractivity contribution in [3.63, 3.8) is 0 Å². The molecular weight excluding hydrogens is 252 g/mol. The number of likely N-dealkylation sites (N-methyl/N-ethyl adjacent to an activating group) is 1. The molecule has 0 radical (unpaired) electrons. The minimum absolute atomic E-state index is 0.0749. The van der Waals surface area contributed by atoms with Crippen molar-refractivity contribution in [3.8, 4) is 0 Å². The summed E-state index contributed by atoms with van der Waals surface area (Å²) in [5, 5.41) is 3.43. The van der Waals surface area contributed by atoms with E-state index in [1.165, 1.54) is 39.5 Å². The molecule has 1 aliphatic carbocycles. The van der Waals surface area contributed by atoms with Crippen LogP contribution in [0.15, 0.2) is 0 Å². The van der Waals surface area contributed by atoms with Crippen LogP contribution in [-0.4, -0.2) is 49.2 Å². The van der Waals surface area contributed by atoms with Crippen LogP contribution in [0.5, 0.6) is 0 Å². The van der Waals surface area contributed by atoms with Crippen LogP contribution in [-0.2, 0) is 9.53 Å². The maximum Gasteiger partial charge on any atom is 0.326 e. The van der Waals surface area contributed by atoms with Gasteiger partial charge in [0, 0.05) is 12.6 Å². The van der Waals surface area contributed by atoms with Crippen molar-refractivity contribution in [2.45, 2.75) is 64.0 Å². The van der Waals surface area contributed by atoms with E-state index in [-0.39, 0.29) is 5.97 Å². The summed E-state index contributed by atoms with van der Waals surface area (Å²) in [6.45, 7) is 7.61. The van der Waals surface area contributed by atoms with Gasteiger partial charge in [-0.25, -0.2) is 0 Å². The summed E-state index contributed by atoms with van der Waals surface area (Å²) in [5.74, 6) is 0.714. The van der Waals surface area contributed by atoms with Crippen molar-refractivity contribution in [1.29, 1.82) is 0 Å². The highest BCUT2D eigenvalue weighted by Crippen LogP contribution is 2.34. The molecular formula is C16H30N2O2. The second-order valence-electron chi connectivity index (χ2n) is 6.60. The smallest absolute Gasteiger partial charge is 0.326 e. The van der Waals surface area contributed by atoms with Crippen molar-refractivity contribution in [2.75, 3.05) is 26.7 Å². The number of hydrogen-bond acceptors (Lipinski definition) is 4. The monoisotopic (exact) mass is 282 g/mol. The van der Waals surface area contributed by atoms with Crippen molar-refractivity contribution < 1.29 is 9.53 Å². The summed E-state index contributed by atoms with van der Waals surface area (Å²) in [4.78, 5) is 14.9. The molecule has 4 nitrogen and oxygen atoms in total. The van der Waals surface area contributed by atoms with E-state index in [0.717, 1.165) is 31.7 Å². The standard InChI is InChI=1S/C16H30N2O2/c1-4-17-16(15(19)20-3)9-5-8-14(11-16)18-10-6-7-13(2)12-18/h13-14,17H,4-12H2,1-3H3. The number of methoxy groups -OCH3 is 1. The summed E-state index contributed by atoms with van der Waals surface area (Å²) >= 11 is 0. The molecule has 3 unspecified atom stereocenters. The molecule has 1 aliphatic heterocycles. The van der Waals surface area contributed by atoms with Crippen LogP contribution < -0.4 is 5.32 Å². The SMILES string of the molecule is CCNC1(C(=O)OC)CCCC(N2CCCC(C)C2)C1. The van der Waals surface area contributed by atoms with Gasteiger partial charge in [-0.15, -0.1) is 0 Å². The first-order valence-corrected chi connectivity index (χ1v) is 8.19. The van der Waals surface area contributed by atoms with Crippen LogP contribution >= 0.6 is 0 Å². The fraction of sp³-hybridized carbons (Fsp3) is 0.938. The van der Waals surface area contributed by atoms with E-state index >= 15 is 0 Å². The predicted molar refractivity (Wildman–Crippen MR) is 80.7 cm³/mol. The lowest BCUT2D eigenvalue weighted by atomic mass is 9.77. The molecule has 0 aromatic carbocycles. The maximum absolute atomic E-state index is 12.3. The van der Waals surface area contributed by atoms with E-state index in [1.807, 2.05) is 0 Å². The summed E-state index contributed by atoms with van der Waals surface area (Å²) < 4.78 is 5.08. The van der Waals surface area contributed by atoms with E-state index < -0.39 is 5.54 Å². The third-order valence-corrected chi connectivity index (χ3v) is 5.02. The Labute approximate surface area is 123 Å². The number of rotatable bonds is 4. The van der Waals surface area contributed by atoms with E-state index in [1.54, 1.807) is 0 Å². The first-order chi connectivity index (χ1) is 9.61. The van der Waals surface area contributed by atoms with Crippen LogP contribution in [0.1, 0.15) is 52.4 Å². The number of hydrogen-bond donors (Lipinski definition) is 1. The van der Waals surface area contributed by atoms with E-state index in [2.05, 4.69) is 24.1 Å². The molecule has 1 N–H and O–H groups in total. The lowest BCUT2D eigenvalue weighted by Crippen LogP contribution is -2.59. The number of nitrogens with one attached hydrogen (secondary N) is 1. The summed E-state index contributed by atoms with van der Waals surface area (Å²) in [6, 6.07) is 0.532. The van der Waals surface area contributed by atoms with Crippen molar-refractivity contribution in [3.05, 3.63) is 0 Å². The number of carbonyl (C=O) groups excluding carboxylic acids is 1. The van der Waals surface area contributed by atoms with Crippen molar-refractivity contribution in [2.24, 2.45) is 5.92 Å². The second kappa shape index (κ2) is 6.90. The second-order valence-corrected chi connectivity index (χ2v) is 6.60. The minimum atomic E-state index is -0.451. The lowest BCUT2D eigenvalue weighted by molar-refractivity contribution is -0.151. The number of ether oxygens (including phenoxy) is 1. The molecule has 1 saturated heterocycles. The van der Waals surface area contributed by atoms with Gasteiger partial charge < -0.3 is 15.0 Å². The zero-order chi connectivity index (χ0) is 14.6. The normalized spacial score (nSPS) is 35.8. The minimum Gasteiger partial charge on any atom is -0.468 e. The summed E-state index contributed by atoms with van der Waals surface area (Å²) in [7, 11) is 1.51. The lowest BCUT2D eigenvalue weighted by Gasteiger charge is -2.45. The molecule has 116 valence electrons. The fourth-order valence-electron chi connectivity index (χ4n) is 4.07. The van der Waals surface area contributed by atoms with Gasteiger partial charge in [0.15, 0.2) is 0 Å². The van der Waals surface area contributed by atoms with Gasteiger partial charge in [0.2, 0.25) is 0 Å². The molecule has 2 fully saturated rings. The Morgan fingerprint density at radius 1 is 1.40 bits per heavy atom. The van der Waals surface area contributed by atoms with E-state index in [0.29, 0.717) is 6.04 Å². The number of likely N-dealkylation sites (tertiary alicyclic amines) is 1. The number of esters is 1. The number of nitrogens with zero attached hydrogens (tertiary/aromatic N) is 1. The third-order valence-electron chi connectivity index (χ3n) is 5.02. The maximum atomic E-state index is 12.3. The number of piperidine rings is 1. The summed E-state index contributed by atoms with van der Waals surface area (Å²) in [6.07, 6.45) is 6.78. The fourth-order valence-corrected chi connectivity index (χ4v) is 4.07. The molecule has 0 spiro atoms. The molecule has 0 amide bonds.